The van der Waals surface area contributed by atoms with Gasteiger partial charge in [-0.25, -0.2) is 9.78 Å². The molecule has 1 aromatic heterocycles. The SMILES string of the molecule is CCC1(CC)CC1C(=O)N1CCCCC1CCn1ccnc1C.O=C(O)C(F)(F)F. The Morgan fingerprint density at radius 1 is 1.27 bits per heavy atom. The molecule has 1 amide bonds. The molecule has 2 atom stereocenters. The summed E-state index contributed by atoms with van der Waals surface area (Å²) in [6, 6.07) is 0.421. The Morgan fingerprint density at radius 3 is 2.37 bits per heavy atom. The number of carbonyl (C=O) groups excluding carboxylic acids is 1. The van der Waals surface area contributed by atoms with Gasteiger partial charge in [-0.3, -0.25) is 4.79 Å². The fourth-order valence-corrected chi connectivity index (χ4v) is 4.45. The third-order valence-corrected chi connectivity index (χ3v) is 6.68. The highest BCUT2D eigenvalue weighted by molar-refractivity contribution is 5.83. The van der Waals surface area contributed by atoms with Crippen LogP contribution in [0.25, 0.3) is 0 Å². The Morgan fingerprint density at radius 2 is 1.90 bits per heavy atom. The van der Waals surface area contributed by atoms with Gasteiger partial charge in [0.2, 0.25) is 5.91 Å². The van der Waals surface area contributed by atoms with Crippen LogP contribution in [0.5, 0.6) is 0 Å². The molecule has 1 aromatic rings. The van der Waals surface area contributed by atoms with Gasteiger partial charge in [0.1, 0.15) is 5.82 Å². The van der Waals surface area contributed by atoms with E-state index in [1.807, 2.05) is 19.3 Å². The first kappa shape index (κ1) is 24.2. The molecule has 1 saturated carbocycles. The molecule has 2 heterocycles. The van der Waals surface area contributed by atoms with Crippen LogP contribution in [0.4, 0.5) is 13.2 Å². The number of nitrogens with zero attached hydrogens (tertiary/aromatic N) is 3. The summed E-state index contributed by atoms with van der Waals surface area (Å²) in [5, 5.41) is 7.12. The van der Waals surface area contributed by atoms with Gasteiger partial charge in [-0.1, -0.05) is 13.8 Å². The second-order valence-electron chi connectivity index (χ2n) is 8.27. The molecule has 0 aromatic carbocycles. The Hall–Kier alpha value is -2.06. The molecule has 30 heavy (non-hydrogen) atoms. The number of carbonyl (C=O) groups is 2. The minimum atomic E-state index is -5.08. The van der Waals surface area contributed by atoms with Crippen LogP contribution in [-0.2, 0) is 16.1 Å². The molecule has 2 fully saturated rings. The smallest absolute Gasteiger partial charge is 0.475 e. The number of hydrogen-bond acceptors (Lipinski definition) is 3. The molecule has 9 heteroatoms. The lowest BCUT2D eigenvalue weighted by molar-refractivity contribution is -0.192. The van der Waals surface area contributed by atoms with Crippen molar-refractivity contribution in [3.8, 4) is 0 Å². The third-order valence-electron chi connectivity index (χ3n) is 6.68. The quantitative estimate of drug-likeness (QED) is 0.723. The van der Waals surface area contributed by atoms with Crippen molar-refractivity contribution in [2.75, 3.05) is 6.54 Å². The number of aryl methyl sites for hydroxylation is 2. The molecule has 2 unspecified atom stereocenters. The maximum Gasteiger partial charge on any atom is 0.490 e. The number of imidazole rings is 1. The van der Waals surface area contributed by atoms with Crippen LogP contribution in [-0.4, -0.2) is 50.2 Å². The average Bonchev–Trinajstić information content (AvgIpc) is 3.31. The summed E-state index contributed by atoms with van der Waals surface area (Å²) in [6.07, 6.45) is 6.88. The predicted octanol–water partition coefficient (Wildman–Crippen LogP) is 4.42. The van der Waals surface area contributed by atoms with Crippen LogP contribution in [0.2, 0.25) is 0 Å². The van der Waals surface area contributed by atoms with Crippen LogP contribution in [0.15, 0.2) is 12.4 Å². The lowest BCUT2D eigenvalue weighted by Crippen LogP contribution is -2.45. The number of amides is 1. The summed E-state index contributed by atoms with van der Waals surface area (Å²) in [6.45, 7) is 8.47. The average molecular weight is 431 g/mol. The third kappa shape index (κ3) is 5.76. The summed E-state index contributed by atoms with van der Waals surface area (Å²) >= 11 is 0. The second kappa shape index (κ2) is 9.83. The molecule has 1 saturated heterocycles. The normalized spacial score (nSPS) is 22.8. The zero-order chi connectivity index (χ0) is 22.5. The summed E-state index contributed by atoms with van der Waals surface area (Å²) in [5.41, 5.74) is 0.319. The number of carboxylic acids is 1. The van der Waals surface area contributed by atoms with E-state index in [0.717, 1.165) is 51.0 Å². The van der Waals surface area contributed by atoms with E-state index >= 15 is 0 Å². The summed E-state index contributed by atoms with van der Waals surface area (Å²) in [7, 11) is 0. The van der Waals surface area contributed by atoms with Gasteiger partial charge in [0.25, 0.3) is 0 Å². The fraction of sp³-hybridized carbons (Fsp3) is 0.762. The van der Waals surface area contributed by atoms with E-state index < -0.39 is 12.1 Å². The molecule has 0 radical (unpaired) electrons. The molecule has 1 aliphatic heterocycles. The van der Waals surface area contributed by atoms with Crippen LogP contribution in [0.1, 0.15) is 64.6 Å². The molecule has 2 aliphatic rings. The number of aromatic nitrogens is 2. The lowest BCUT2D eigenvalue weighted by atomic mass is 9.94. The Labute approximate surface area is 175 Å². The van der Waals surface area contributed by atoms with Crippen LogP contribution >= 0.6 is 0 Å². The van der Waals surface area contributed by atoms with Gasteiger partial charge in [0.15, 0.2) is 0 Å². The molecule has 3 rings (SSSR count). The van der Waals surface area contributed by atoms with Gasteiger partial charge in [-0.2, -0.15) is 13.2 Å². The largest absolute Gasteiger partial charge is 0.490 e. The highest BCUT2D eigenvalue weighted by Crippen LogP contribution is 2.58. The number of halogens is 3. The van der Waals surface area contributed by atoms with Gasteiger partial charge in [-0.05, 0) is 57.3 Å². The Bertz CT molecular complexity index is 729. The monoisotopic (exact) mass is 431 g/mol. The number of hydrogen-bond donors (Lipinski definition) is 1. The van der Waals surface area contributed by atoms with Crippen molar-refractivity contribution in [2.45, 2.75) is 84.5 Å². The summed E-state index contributed by atoms with van der Waals surface area (Å²) < 4.78 is 33.9. The highest BCUT2D eigenvalue weighted by Gasteiger charge is 2.56. The van der Waals surface area contributed by atoms with Crippen molar-refractivity contribution >= 4 is 11.9 Å². The van der Waals surface area contributed by atoms with Crippen LogP contribution in [0, 0.1) is 18.3 Å². The molecule has 0 spiro atoms. The first-order valence-corrected chi connectivity index (χ1v) is 10.6. The minimum absolute atomic E-state index is 0.299. The zero-order valence-electron chi connectivity index (χ0n) is 17.9. The summed E-state index contributed by atoms with van der Waals surface area (Å²) in [4.78, 5) is 28.5. The van der Waals surface area contributed by atoms with Crippen LogP contribution in [0.3, 0.4) is 0 Å². The number of rotatable bonds is 6. The first-order chi connectivity index (χ1) is 14.1. The molecular formula is C21H32F3N3O3. The standard InChI is InChI=1S/C19H31N3O.C2HF3O2/c1-4-19(5-2)14-17(19)18(23)22-11-7-6-8-16(22)9-12-21-13-10-20-15(21)3;3-2(4,5)1(6)7/h10,13,16-17H,4-9,11-12,14H2,1-3H3;(H,6,7). The molecule has 0 bridgehead atoms. The van der Waals surface area contributed by atoms with E-state index in [0.29, 0.717) is 23.3 Å². The van der Waals surface area contributed by atoms with Crippen molar-refractivity contribution in [1.29, 1.82) is 0 Å². The van der Waals surface area contributed by atoms with Gasteiger partial charge in [0, 0.05) is 37.4 Å². The van der Waals surface area contributed by atoms with E-state index in [2.05, 4.69) is 28.3 Å². The predicted molar refractivity (Wildman–Crippen MR) is 106 cm³/mol. The second-order valence-corrected chi connectivity index (χ2v) is 8.27. The van der Waals surface area contributed by atoms with E-state index in [1.54, 1.807) is 0 Å². The molecule has 1 N–H and O–H groups in total. The van der Waals surface area contributed by atoms with Gasteiger partial charge in [-0.15, -0.1) is 0 Å². The van der Waals surface area contributed by atoms with Crippen molar-refractivity contribution in [3.05, 3.63) is 18.2 Å². The molecular weight excluding hydrogens is 399 g/mol. The van der Waals surface area contributed by atoms with Crippen LogP contribution < -0.4 is 0 Å². The summed E-state index contributed by atoms with van der Waals surface area (Å²) in [5.74, 6) is -0.946. The van der Waals surface area contributed by atoms with Crippen molar-refractivity contribution < 1.29 is 27.9 Å². The highest BCUT2D eigenvalue weighted by atomic mass is 19.4. The fourth-order valence-electron chi connectivity index (χ4n) is 4.45. The van der Waals surface area contributed by atoms with E-state index in [1.165, 1.54) is 12.8 Å². The number of likely N-dealkylation sites (tertiary alicyclic amines) is 1. The van der Waals surface area contributed by atoms with E-state index in [4.69, 9.17) is 9.90 Å². The number of alkyl halides is 3. The number of carboxylic acid groups (broad SMARTS) is 1. The van der Waals surface area contributed by atoms with Gasteiger partial charge in [0.05, 0.1) is 0 Å². The number of aliphatic carboxylic acids is 1. The van der Waals surface area contributed by atoms with Crippen molar-refractivity contribution in [2.24, 2.45) is 11.3 Å². The van der Waals surface area contributed by atoms with Gasteiger partial charge >= 0.3 is 12.1 Å². The first-order valence-electron chi connectivity index (χ1n) is 10.6. The lowest BCUT2D eigenvalue weighted by Gasteiger charge is -2.37. The zero-order valence-corrected chi connectivity index (χ0v) is 17.9. The van der Waals surface area contributed by atoms with E-state index in [9.17, 15) is 18.0 Å². The molecule has 6 nitrogen and oxygen atoms in total. The van der Waals surface area contributed by atoms with Gasteiger partial charge < -0.3 is 14.6 Å². The maximum absolute atomic E-state index is 13.0. The van der Waals surface area contributed by atoms with Crippen molar-refractivity contribution in [1.82, 2.24) is 14.5 Å². The minimum Gasteiger partial charge on any atom is -0.475 e. The number of piperidine rings is 1. The molecule has 1 aliphatic carbocycles. The van der Waals surface area contributed by atoms with Crippen molar-refractivity contribution in [3.63, 3.8) is 0 Å². The topological polar surface area (TPSA) is 75.4 Å². The van der Waals surface area contributed by atoms with E-state index in [-0.39, 0.29) is 0 Å². The maximum atomic E-state index is 13.0. The Balaban J connectivity index is 0.000000396. The Kier molecular flexibility index (Phi) is 7.93. The molecule has 170 valence electrons.